The molecule has 0 radical (unpaired) electrons. The van der Waals surface area contributed by atoms with Crippen molar-refractivity contribution in [2.24, 2.45) is 5.92 Å². The van der Waals surface area contributed by atoms with Gasteiger partial charge < -0.3 is 30.3 Å². The van der Waals surface area contributed by atoms with Crippen LogP contribution in [0, 0.1) is 5.92 Å². The summed E-state index contributed by atoms with van der Waals surface area (Å²) in [6, 6.07) is 2.89. The second kappa shape index (κ2) is 16.2. The fraction of sp³-hybridized carbons (Fsp3) is 0.659. The number of alkyl carbamates (subject to hydrolysis) is 1. The van der Waals surface area contributed by atoms with Gasteiger partial charge in [-0.1, -0.05) is 45.3 Å². The van der Waals surface area contributed by atoms with E-state index in [-0.39, 0.29) is 48.8 Å². The zero-order valence-electron chi connectivity index (χ0n) is 34.7. The Morgan fingerprint density at radius 3 is 2.43 bits per heavy atom. The lowest BCUT2D eigenvalue weighted by molar-refractivity contribution is -0.140. The van der Waals surface area contributed by atoms with Gasteiger partial charge in [0.05, 0.1) is 22.4 Å². The number of hydrogen-bond acceptors (Lipinski definition) is 10. The highest BCUT2D eigenvalue weighted by Gasteiger charge is 2.63. The lowest BCUT2D eigenvalue weighted by Gasteiger charge is -2.30. The number of nitrogens with one attached hydrogen (secondary N) is 4. The van der Waals surface area contributed by atoms with E-state index in [1.165, 1.54) is 4.90 Å². The van der Waals surface area contributed by atoms with Crippen molar-refractivity contribution in [3.05, 3.63) is 35.9 Å². The van der Waals surface area contributed by atoms with E-state index in [4.69, 9.17) is 14.5 Å². The number of nitrogens with zero attached hydrogens (tertiary/aromatic N) is 3. The van der Waals surface area contributed by atoms with Crippen molar-refractivity contribution in [2.75, 3.05) is 13.1 Å². The van der Waals surface area contributed by atoms with E-state index < -0.39 is 67.9 Å². The van der Waals surface area contributed by atoms with Crippen LogP contribution in [0.3, 0.4) is 0 Å². The Kier molecular flexibility index (Phi) is 12.0. The van der Waals surface area contributed by atoms with Gasteiger partial charge in [-0.05, 0) is 97.3 Å². The van der Waals surface area contributed by atoms with Gasteiger partial charge in [-0.15, -0.1) is 0 Å². The highest BCUT2D eigenvalue weighted by Crippen LogP contribution is 2.50. The Morgan fingerprint density at radius 2 is 1.81 bits per heavy atom. The summed E-state index contributed by atoms with van der Waals surface area (Å²) in [6.07, 6.45) is 3.18. The van der Waals surface area contributed by atoms with Crippen LogP contribution >= 0.6 is 0 Å². The van der Waals surface area contributed by atoms with Crippen LogP contribution in [0.2, 0.25) is 0 Å². The molecule has 1 aromatic carbocycles. The molecule has 6 rings (SSSR count). The van der Waals surface area contributed by atoms with Crippen LogP contribution in [0.15, 0.2) is 30.4 Å². The number of benzene rings is 1. The zero-order chi connectivity index (χ0) is 42.4. The number of ether oxygens (including phenoxy) is 2. The third-order valence-corrected chi connectivity index (χ3v) is 14.0. The first-order valence-corrected chi connectivity index (χ1v) is 22.0. The molecule has 2 saturated carbocycles. The smallest absolute Gasteiger partial charge is 0.408 e. The lowest BCUT2D eigenvalue weighted by Crippen LogP contribution is -2.59. The largest absolute Gasteiger partial charge is 0.459 e. The number of imidazole rings is 1. The van der Waals surface area contributed by atoms with Crippen LogP contribution in [0.4, 0.5) is 4.79 Å². The lowest BCUT2D eigenvalue weighted by atomic mass is 10.1. The minimum atomic E-state index is -4.08. The van der Waals surface area contributed by atoms with Gasteiger partial charge in [-0.2, -0.15) is 4.98 Å². The number of carbonyl (C=O) groups excluding carboxylic acids is 5. The van der Waals surface area contributed by atoms with Crippen LogP contribution < -0.4 is 25.4 Å². The summed E-state index contributed by atoms with van der Waals surface area (Å²) in [7, 11) is -4.08. The molecule has 1 saturated heterocycles. The van der Waals surface area contributed by atoms with Gasteiger partial charge in [0.15, 0.2) is 0 Å². The Balaban J connectivity index is 1.38. The fourth-order valence-corrected chi connectivity index (χ4v) is 10.0. The Bertz CT molecular complexity index is 2090. The van der Waals surface area contributed by atoms with E-state index in [0.717, 1.165) is 12.8 Å². The molecular weight excluding hydrogens is 767 g/mol. The first-order valence-electron chi connectivity index (χ1n) is 20.5. The van der Waals surface area contributed by atoms with Crippen LogP contribution in [0.5, 0.6) is 6.01 Å². The van der Waals surface area contributed by atoms with E-state index in [2.05, 4.69) is 27.3 Å². The first kappa shape index (κ1) is 42.9. The monoisotopic (exact) mass is 825 g/mol. The molecule has 2 aromatic rings. The summed E-state index contributed by atoms with van der Waals surface area (Å²) in [5, 5.41) is 8.47. The molecule has 4 bridgehead atoms. The number of carbonyl (C=O) groups is 5. The summed E-state index contributed by atoms with van der Waals surface area (Å²) in [6.45, 7) is 16.6. The maximum Gasteiger partial charge on any atom is 0.408 e. The van der Waals surface area contributed by atoms with Crippen LogP contribution in [0.1, 0.15) is 129 Å². The Labute approximate surface area is 340 Å². The number of sulfonamides is 1. The number of rotatable bonds is 5. The Morgan fingerprint density at radius 1 is 1.10 bits per heavy atom. The zero-order valence-corrected chi connectivity index (χ0v) is 35.6. The average molecular weight is 826 g/mol. The molecule has 5 atom stereocenters. The normalized spacial score (nSPS) is 26.7. The van der Waals surface area contributed by atoms with E-state index in [9.17, 15) is 32.4 Å². The van der Waals surface area contributed by atoms with Crippen LogP contribution in [-0.4, -0.2) is 99.8 Å². The van der Waals surface area contributed by atoms with Gasteiger partial charge >= 0.3 is 6.09 Å². The summed E-state index contributed by atoms with van der Waals surface area (Å²) in [4.78, 5) is 75.5. The SMILES string of the molecule is C=C(C)[C@H](NC(=O)OC(C)(C)C)C(=O)N1C[C@H]2C[C@H]1C(=O)N[C@@]1(C[C@H]1CC)C(=O)NS(=O)(=O)C1(CCCCCCNC(=O)c3cccc4c3nc(n4C(C)C)O2)CC1. The third-order valence-electron chi connectivity index (χ3n) is 11.8. The Hall–Kier alpha value is -4.67. The van der Waals surface area contributed by atoms with E-state index in [1.807, 2.05) is 31.4 Å². The molecule has 4 aliphatic rings. The molecule has 58 heavy (non-hydrogen) atoms. The highest BCUT2D eigenvalue weighted by molar-refractivity contribution is 7.91. The van der Waals surface area contributed by atoms with Crippen molar-refractivity contribution in [1.82, 2.24) is 35.1 Å². The minimum Gasteiger partial charge on any atom is -0.459 e. The molecule has 2 spiro atoms. The summed E-state index contributed by atoms with van der Waals surface area (Å²) < 4.78 is 42.7. The number of likely N-dealkylation sites (tertiary alicyclic amines) is 1. The maximum atomic E-state index is 14.5. The maximum absolute atomic E-state index is 14.5. The van der Waals surface area contributed by atoms with Crippen molar-refractivity contribution in [3.8, 4) is 6.01 Å². The fourth-order valence-electron chi connectivity index (χ4n) is 8.32. The number of aromatic nitrogens is 2. The third kappa shape index (κ3) is 8.69. The molecule has 4 N–H and O–H groups in total. The van der Waals surface area contributed by atoms with Gasteiger partial charge in [-0.25, -0.2) is 13.2 Å². The molecule has 17 heteroatoms. The predicted molar refractivity (Wildman–Crippen MR) is 216 cm³/mol. The molecule has 3 heterocycles. The second-order valence-electron chi connectivity index (χ2n) is 17.7. The summed E-state index contributed by atoms with van der Waals surface area (Å²) in [5.41, 5.74) is -0.587. The summed E-state index contributed by atoms with van der Waals surface area (Å²) >= 11 is 0. The van der Waals surface area contributed by atoms with Crippen LogP contribution in [0.25, 0.3) is 11.0 Å². The minimum absolute atomic E-state index is 0.0303. The molecule has 5 amide bonds. The molecule has 16 nitrogen and oxygen atoms in total. The van der Waals surface area contributed by atoms with Crippen molar-refractivity contribution in [3.63, 3.8) is 0 Å². The molecule has 2 aliphatic heterocycles. The van der Waals surface area contributed by atoms with E-state index >= 15 is 0 Å². The van der Waals surface area contributed by atoms with Gasteiger partial charge in [0, 0.05) is 19.0 Å². The molecule has 3 fully saturated rings. The second-order valence-corrected chi connectivity index (χ2v) is 19.8. The molecule has 1 aromatic heterocycles. The van der Waals surface area contributed by atoms with Gasteiger partial charge in [0.25, 0.3) is 17.8 Å². The number of amides is 5. The first-order chi connectivity index (χ1) is 27.2. The molecule has 318 valence electrons. The van der Waals surface area contributed by atoms with E-state index in [1.54, 1.807) is 39.8 Å². The predicted octanol–water partition coefficient (Wildman–Crippen LogP) is 4.39. The van der Waals surface area contributed by atoms with Crippen molar-refractivity contribution in [1.29, 1.82) is 0 Å². The van der Waals surface area contributed by atoms with Crippen LogP contribution in [-0.2, 0) is 29.1 Å². The van der Waals surface area contributed by atoms with Gasteiger partial charge in [-0.3, -0.25) is 28.5 Å². The average Bonchev–Trinajstić information content (AvgIpc) is 3.99. The van der Waals surface area contributed by atoms with Crippen molar-refractivity contribution < 1.29 is 41.9 Å². The number of para-hydroxylation sites is 1. The van der Waals surface area contributed by atoms with Crippen molar-refractivity contribution in [2.45, 2.75) is 153 Å². The molecule has 0 unspecified atom stereocenters. The molecule has 2 aliphatic carbocycles. The van der Waals surface area contributed by atoms with E-state index in [0.29, 0.717) is 61.7 Å². The number of hydrogen-bond donors (Lipinski definition) is 4. The summed E-state index contributed by atoms with van der Waals surface area (Å²) in [5.74, 6) is -2.73. The van der Waals surface area contributed by atoms with Gasteiger partial charge in [0.2, 0.25) is 21.8 Å². The van der Waals surface area contributed by atoms with Gasteiger partial charge in [0.1, 0.15) is 34.8 Å². The van der Waals surface area contributed by atoms with Crippen molar-refractivity contribution >= 4 is 50.8 Å². The number of fused-ring (bicyclic) bond motifs is 3. The molecular formula is C41H59N7O9S. The quantitative estimate of drug-likeness (QED) is 0.313. The topological polar surface area (TPSA) is 207 Å². The highest BCUT2D eigenvalue weighted by atomic mass is 32.2. The standard InChI is InChI=1S/C41H59N7O9S/c1-9-26-22-41(26)36(52)46-58(54,55)40(18-19-40)17-12-10-11-13-20-42-33(49)28-15-14-16-29-32(28)43-37(48(29)25(4)5)56-27-21-30(34(50)45-41)47(23-27)35(51)31(24(2)3)44-38(53)57-39(6,7)8/h14-16,25-27,30-31H,2,9-13,17-23H2,1,3-8H3,(H,42,49)(H,44,53)(H,45,50)(H,46,52)/t26-,27-,30+,31+,41-/m1/s1.